The zero-order valence-electron chi connectivity index (χ0n) is 10.5. The van der Waals surface area contributed by atoms with Crippen molar-refractivity contribution in [3.05, 3.63) is 18.0 Å². The average molecular weight is 236 g/mol. The molecule has 1 aromatic heterocycles. The molecule has 2 rings (SSSR count). The Labute approximate surface area is 102 Å². The molecule has 0 aliphatic carbocycles. The molecule has 5 nitrogen and oxygen atoms in total. The van der Waals surface area contributed by atoms with Crippen molar-refractivity contribution in [1.29, 1.82) is 0 Å². The number of aryl methyl sites for hydroxylation is 1. The summed E-state index contributed by atoms with van der Waals surface area (Å²) < 4.78 is 1.65. The molecule has 1 amide bonds. The van der Waals surface area contributed by atoms with Gasteiger partial charge in [0.25, 0.3) is 5.91 Å². The molecule has 1 aliphatic heterocycles. The van der Waals surface area contributed by atoms with Gasteiger partial charge in [0.05, 0.1) is 0 Å². The number of carbonyl (C=O) groups excluding carboxylic acids is 1. The van der Waals surface area contributed by atoms with E-state index in [4.69, 9.17) is 0 Å². The zero-order chi connectivity index (χ0) is 12.3. The predicted molar refractivity (Wildman–Crippen MR) is 65.8 cm³/mol. The fraction of sp³-hybridized carbons (Fsp3) is 0.667. The highest BCUT2D eigenvalue weighted by Crippen LogP contribution is 2.13. The summed E-state index contributed by atoms with van der Waals surface area (Å²) in [5, 5.41) is 7.37. The third-order valence-electron chi connectivity index (χ3n) is 3.24. The van der Waals surface area contributed by atoms with Gasteiger partial charge in [0, 0.05) is 32.4 Å². The van der Waals surface area contributed by atoms with Gasteiger partial charge in [0.1, 0.15) is 5.69 Å². The lowest BCUT2D eigenvalue weighted by Gasteiger charge is -2.28. The second kappa shape index (κ2) is 5.31. The van der Waals surface area contributed by atoms with Gasteiger partial charge in [-0.1, -0.05) is 6.92 Å². The largest absolute Gasteiger partial charge is 0.333 e. The smallest absolute Gasteiger partial charge is 0.272 e. The summed E-state index contributed by atoms with van der Waals surface area (Å²) in [5.74, 6) is 0.0977. The van der Waals surface area contributed by atoms with Crippen LogP contribution in [0.1, 0.15) is 30.3 Å². The van der Waals surface area contributed by atoms with Crippen LogP contribution in [0.3, 0.4) is 0 Å². The molecular weight excluding hydrogens is 216 g/mol. The highest BCUT2D eigenvalue weighted by atomic mass is 16.2. The lowest BCUT2D eigenvalue weighted by Crippen LogP contribution is -2.42. The van der Waals surface area contributed by atoms with Crippen LogP contribution in [0.5, 0.6) is 0 Å². The number of nitrogens with zero attached hydrogens (tertiary/aromatic N) is 3. The van der Waals surface area contributed by atoms with Crippen LogP contribution in [0.25, 0.3) is 0 Å². The van der Waals surface area contributed by atoms with Gasteiger partial charge in [-0.15, -0.1) is 0 Å². The van der Waals surface area contributed by atoms with Gasteiger partial charge >= 0.3 is 0 Å². The van der Waals surface area contributed by atoms with E-state index in [1.54, 1.807) is 16.9 Å². The summed E-state index contributed by atoms with van der Waals surface area (Å²) in [6.45, 7) is 4.83. The Bertz CT molecular complexity index is 382. The summed E-state index contributed by atoms with van der Waals surface area (Å²) >= 11 is 0. The Morgan fingerprint density at radius 2 is 2.53 bits per heavy atom. The first-order chi connectivity index (χ1) is 8.24. The Balaban J connectivity index is 2.15. The molecule has 1 atom stereocenters. The summed E-state index contributed by atoms with van der Waals surface area (Å²) in [4.78, 5) is 14.4. The van der Waals surface area contributed by atoms with Gasteiger partial charge in [0.15, 0.2) is 0 Å². The predicted octanol–water partition coefficient (Wildman–Crippen LogP) is 0.634. The molecule has 0 unspecified atom stereocenters. The zero-order valence-corrected chi connectivity index (χ0v) is 10.5. The fourth-order valence-electron chi connectivity index (χ4n) is 2.33. The average Bonchev–Trinajstić information content (AvgIpc) is 2.95. The van der Waals surface area contributed by atoms with Crippen molar-refractivity contribution >= 4 is 5.91 Å². The van der Waals surface area contributed by atoms with Crippen LogP contribution in [-0.2, 0) is 7.05 Å². The van der Waals surface area contributed by atoms with Gasteiger partial charge < -0.3 is 10.2 Å². The fourth-order valence-corrected chi connectivity index (χ4v) is 2.33. The van der Waals surface area contributed by atoms with Crippen molar-refractivity contribution in [1.82, 2.24) is 20.0 Å². The number of nitrogens with one attached hydrogen (secondary N) is 1. The molecule has 1 aromatic rings. The van der Waals surface area contributed by atoms with Crippen LogP contribution in [0, 0.1) is 0 Å². The van der Waals surface area contributed by atoms with Crippen molar-refractivity contribution in [3.8, 4) is 0 Å². The molecule has 1 aliphatic rings. The van der Waals surface area contributed by atoms with Gasteiger partial charge in [-0.25, -0.2) is 0 Å². The second-order valence-electron chi connectivity index (χ2n) is 4.49. The lowest BCUT2D eigenvalue weighted by atomic mass is 10.2. The number of rotatable bonds is 4. The van der Waals surface area contributed by atoms with Gasteiger partial charge in [-0.3, -0.25) is 9.48 Å². The quantitative estimate of drug-likeness (QED) is 0.834. The van der Waals surface area contributed by atoms with E-state index in [-0.39, 0.29) is 5.91 Å². The van der Waals surface area contributed by atoms with Crippen LogP contribution in [0.15, 0.2) is 12.3 Å². The number of hydrogen-bond acceptors (Lipinski definition) is 3. The maximum absolute atomic E-state index is 12.4. The van der Waals surface area contributed by atoms with Gasteiger partial charge in [-0.2, -0.15) is 5.10 Å². The third-order valence-corrected chi connectivity index (χ3v) is 3.24. The van der Waals surface area contributed by atoms with E-state index < -0.39 is 0 Å². The molecule has 0 aromatic carbocycles. The van der Waals surface area contributed by atoms with Crippen molar-refractivity contribution < 1.29 is 4.79 Å². The first kappa shape index (κ1) is 12.1. The molecular formula is C12H20N4O. The van der Waals surface area contributed by atoms with E-state index in [1.807, 2.05) is 11.9 Å². The van der Waals surface area contributed by atoms with E-state index >= 15 is 0 Å². The molecule has 2 heterocycles. The summed E-state index contributed by atoms with van der Waals surface area (Å²) in [7, 11) is 1.81. The van der Waals surface area contributed by atoms with Crippen molar-refractivity contribution in [2.24, 2.45) is 7.05 Å². The molecule has 17 heavy (non-hydrogen) atoms. The van der Waals surface area contributed by atoms with E-state index in [0.29, 0.717) is 11.7 Å². The van der Waals surface area contributed by atoms with E-state index in [1.165, 1.54) is 0 Å². The molecule has 0 spiro atoms. The van der Waals surface area contributed by atoms with Gasteiger partial charge in [0.2, 0.25) is 0 Å². The van der Waals surface area contributed by atoms with E-state index in [0.717, 1.165) is 32.5 Å². The molecule has 0 radical (unpaired) electrons. The molecule has 0 bridgehead atoms. The number of hydrogen-bond donors (Lipinski definition) is 1. The standard InChI is InChI=1S/C12H20N4O/c1-3-8-16(10-4-6-13-9-10)12(17)11-5-7-14-15(11)2/h5,7,10,13H,3-4,6,8-9H2,1-2H3/t10-/m0/s1. The topological polar surface area (TPSA) is 50.2 Å². The summed E-state index contributed by atoms with van der Waals surface area (Å²) in [5.41, 5.74) is 0.672. The number of aromatic nitrogens is 2. The number of carbonyl (C=O) groups is 1. The molecule has 5 heteroatoms. The van der Waals surface area contributed by atoms with Crippen molar-refractivity contribution in [3.63, 3.8) is 0 Å². The third kappa shape index (κ3) is 2.49. The lowest BCUT2D eigenvalue weighted by molar-refractivity contribution is 0.0681. The van der Waals surface area contributed by atoms with Crippen LogP contribution in [-0.4, -0.2) is 46.3 Å². The Kier molecular flexibility index (Phi) is 3.78. The van der Waals surface area contributed by atoms with Crippen molar-refractivity contribution in [2.75, 3.05) is 19.6 Å². The molecule has 0 saturated carbocycles. The van der Waals surface area contributed by atoms with Crippen LogP contribution in [0.4, 0.5) is 0 Å². The first-order valence-electron chi connectivity index (χ1n) is 6.23. The number of amides is 1. The van der Waals surface area contributed by atoms with Crippen LogP contribution < -0.4 is 5.32 Å². The van der Waals surface area contributed by atoms with E-state index in [2.05, 4.69) is 17.3 Å². The second-order valence-corrected chi connectivity index (χ2v) is 4.49. The molecule has 94 valence electrons. The van der Waals surface area contributed by atoms with Crippen LogP contribution in [0.2, 0.25) is 0 Å². The minimum Gasteiger partial charge on any atom is -0.333 e. The normalized spacial score (nSPS) is 19.5. The minimum absolute atomic E-state index is 0.0977. The van der Waals surface area contributed by atoms with Crippen LogP contribution >= 0.6 is 0 Å². The Hall–Kier alpha value is -1.36. The maximum Gasteiger partial charge on any atom is 0.272 e. The molecule has 1 saturated heterocycles. The molecule has 1 N–H and O–H groups in total. The Morgan fingerprint density at radius 3 is 3.06 bits per heavy atom. The monoisotopic (exact) mass is 236 g/mol. The SMILES string of the molecule is CCCN(C(=O)c1ccnn1C)[C@H]1CCNC1. The Morgan fingerprint density at radius 1 is 1.71 bits per heavy atom. The first-order valence-corrected chi connectivity index (χ1v) is 6.23. The van der Waals surface area contributed by atoms with Gasteiger partial charge in [-0.05, 0) is 25.5 Å². The highest BCUT2D eigenvalue weighted by molar-refractivity contribution is 5.92. The van der Waals surface area contributed by atoms with Crippen molar-refractivity contribution in [2.45, 2.75) is 25.8 Å². The maximum atomic E-state index is 12.4. The molecule has 1 fully saturated rings. The summed E-state index contributed by atoms with van der Waals surface area (Å²) in [6, 6.07) is 2.12. The van der Waals surface area contributed by atoms with E-state index in [9.17, 15) is 4.79 Å². The summed E-state index contributed by atoms with van der Waals surface area (Å²) in [6.07, 6.45) is 3.70. The highest BCUT2D eigenvalue weighted by Gasteiger charge is 2.27. The minimum atomic E-state index is 0.0977.